The normalized spacial score (nSPS) is 18.7. The second-order valence-corrected chi connectivity index (χ2v) is 5.13. The number of amides is 1. The van der Waals surface area contributed by atoms with E-state index in [0.717, 1.165) is 19.4 Å². The predicted octanol–water partition coefficient (Wildman–Crippen LogP) is 1.40. The molecule has 1 aromatic rings. The highest BCUT2D eigenvalue weighted by Gasteiger charge is 2.26. The molecule has 0 spiro atoms. The van der Waals surface area contributed by atoms with E-state index in [-0.39, 0.29) is 22.5 Å². The van der Waals surface area contributed by atoms with Gasteiger partial charge in [-0.2, -0.15) is 0 Å². The Bertz CT molecular complexity index is 536. The highest BCUT2D eigenvalue weighted by atomic mass is 35.5. The molecule has 1 aliphatic heterocycles. The number of anilines is 1. The molecule has 2 rings (SSSR count). The van der Waals surface area contributed by atoms with E-state index in [1.807, 2.05) is 4.90 Å². The zero-order valence-corrected chi connectivity index (χ0v) is 11.9. The third-order valence-electron chi connectivity index (χ3n) is 3.39. The molecule has 1 fully saturated rings. The van der Waals surface area contributed by atoms with Gasteiger partial charge in [0.25, 0.3) is 0 Å². The number of piperidine rings is 1. The summed E-state index contributed by atoms with van der Waals surface area (Å²) in [7, 11) is 1.61. The molecule has 1 amide bonds. The minimum Gasteiger partial charge on any atom is -0.478 e. The number of halogens is 1. The number of nitrogens with zero attached hydrogens (tertiary/aromatic N) is 2. The van der Waals surface area contributed by atoms with Crippen molar-refractivity contribution in [2.75, 3.05) is 25.0 Å². The maximum absolute atomic E-state index is 11.7. The summed E-state index contributed by atoms with van der Waals surface area (Å²) in [5.41, 5.74) is 0.0991. The number of hydrogen-bond acceptors (Lipinski definition) is 4. The van der Waals surface area contributed by atoms with E-state index < -0.39 is 5.97 Å². The Labute approximate surface area is 121 Å². The highest BCUT2D eigenvalue weighted by molar-refractivity contribution is 6.29. The number of nitrogens with one attached hydrogen (secondary N) is 1. The van der Waals surface area contributed by atoms with E-state index in [9.17, 15) is 9.59 Å². The van der Waals surface area contributed by atoms with Gasteiger partial charge in [0, 0.05) is 20.1 Å². The highest BCUT2D eigenvalue weighted by Crippen LogP contribution is 2.24. The van der Waals surface area contributed by atoms with Gasteiger partial charge in [0.2, 0.25) is 5.91 Å². The number of aromatic nitrogens is 1. The molecule has 108 valence electrons. The van der Waals surface area contributed by atoms with Gasteiger partial charge in [0.15, 0.2) is 0 Å². The van der Waals surface area contributed by atoms with Crippen LogP contribution in [0, 0.1) is 5.92 Å². The number of carboxylic acid groups (broad SMARTS) is 1. The Morgan fingerprint density at radius 2 is 2.25 bits per heavy atom. The standard InChI is InChI=1S/C13H16ClN3O3/c1-15-12(18)8-3-2-4-17(7-8)11-6-9(13(19)20)5-10(14)16-11/h5-6,8H,2-4,7H2,1H3,(H,15,18)(H,19,20). The summed E-state index contributed by atoms with van der Waals surface area (Å²) >= 11 is 5.86. The van der Waals surface area contributed by atoms with Gasteiger partial charge in [-0.1, -0.05) is 11.6 Å². The average Bonchev–Trinajstić information content (AvgIpc) is 2.45. The van der Waals surface area contributed by atoms with Crippen molar-refractivity contribution >= 4 is 29.3 Å². The largest absolute Gasteiger partial charge is 0.478 e. The minimum absolute atomic E-state index is 0.00446. The number of pyridine rings is 1. The van der Waals surface area contributed by atoms with E-state index in [4.69, 9.17) is 16.7 Å². The van der Waals surface area contributed by atoms with E-state index in [2.05, 4.69) is 10.3 Å². The molecule has 0 aromatic carbocycles. The maximum Gasteiger partial charge on any atom is 0.335 e. The SMILES string of the molecule is CNC(=O)C1CCCN(c2cc(C(=O)O)cc(Cl)n2)C1. The average molecular weight is 298 g/mol. The summed E-state index contributed by atoms with van der Waals surface area (Å²) in [6.07, 6.45) is 1.68. The monoisotopic (exact) mass is 297 g/mol. The van der Waals surface area contributed by atoms with Gasteiger partial charge in [0.05, 0.1) is 11.5 Å². The fraction of sp³-hybridized carbons (Fsp3) is 0.462. The van der Waals surface area contributed by atoms with Gasteiger partial charge in [-0.3, -0.25) is 4.79 Å². The fourth-order valence-corrected chi connectivity index (χ4v) is 2.58. The first-order chi connectivity index (χ1) is 9.51. The van der Waals surface area contributed by atoms with E-state index in [1.54, 1.807) is 7.05 Å². The molecule has 1 atom stereocenters. The van der Waals surface area contributed by atoms with Gasteiger partial charge in [-0.15, -0.1) is 0 Å². The second-order valence-electron chi connectivity index (χ2n) is 4.74. The van der Waals surface area contributed by atoms with Crippen LogP contribution in [0.4, 0.5) is 5.82 Å². The first-order valence-corrected chi connectivity index (χ1v) is 6.76. The molecule has 0 radical (unpaired) electrons. The van der Waals surface area contributed by atoms with Gasteiger partial charge in [-0.05, 0) is 25.0 Å². The summed E-state index contributed by atoms with van der Waals surface area (Å²) in [4.78, 5) is 28.8. The molecule has 20 heavy (non-hydrogen) atoms. The van der Waals surface area contributed by atoms with Crippen LogP contribution in [0.15, 0.2) is 12.1 Å². The Hall–Kier alpha value is -1.82. The third-order valence-corrected chi connectivity index (χ3v) is 3.58. The van der Waals surface area contributed by atoms with Gasteiger partial charge < -0.3 is 15.3 Å². The van der Waals surface area contributed by atoms with E-state index in [0.29, 0.717) is 12.4 Å². The van der Waals surface area contributed by atoms with Crippen LogP contribution < -0.4 is 10.2 Å². The lowest BCUT2D eigenvalue weighted by molar-refractivity contribution is -0.124. The molecule has 7 heteroatoms. The minimum atomic E-state index is -1.05. The third kappa shape index (κ3) is 3.19. The molecule has 6 nitrogen and oxygen atoms in total. The van der Waals surface area contributed by atoms with Crippen molar-refractivity contribution in [3.63, 3.8) is 0 Å². The van der Waals surface area contributed by atoms with Crippen molar-refractivity contribution in [3.8, 4) is 0 Å². The molecule has 0 saturated carbocycles. The lowest BCUT2D eigenvalue weighted by Gasteiger charge is -2.32. The quantitative estimate of drug-likeness (QED) is 0.824. The topological polar surface area (TPSA) is 82.5 Å². The molecule has 1 aliphatic rings. The van der Waals surface area contributed by atoms with Crippen LogP contribution in [0.2, 0.25) is 5.15 Å². The number of aromatic carboxylic acids is 1. The summed E-state index contributed by atoms with van der Waals surface area (Å²) in [5.74, 6) is -0.656. The zero-order chi connectivity index (χ0) is 14.7. The Morgan fingerprint density at radius 1 is 1.50 bits per heavy atom. The Morgan fingerprint density at radius 3 is 2.90 bits per heavy atom. The lowest BCUT2D eigenvalue weighted by Crippen LogP contribution is -2.42. The zero-order valence-electron chi connectivity index (χ0n) is 11.1. The van der Waals surface area contributed by atoms with E-state index >= 15 is 0 Å². The first-order valence-electron chi connectivity index (χ1n) is 6.38. The van der Waals surface area contributed by atoms with Gasteiger partial charge in [-0.25, -0.2) is 9.78 Å². The van der Waals surface area contributed by atoms with Crippen molar-refractivity contribution in [1.82, 2.24) is 10.3 Å². The predicted molar refractivity (Wildman–Crippen MR) is 75.2 cm³/mol. The van der Waals surface area contributed by atoms with Crippen LogP contribution in [0.25, 0.3) is 0 Å². The van der Waals surface area contributed by atoms with Crippen LogP contribution in [0.1, 0.15) is 23.2 Å². The van der Waals surface area contributed by atoms with Crippen LogP contribution in [-0.4, -0.2) is 42.1 Å². The maximum atomic E-state index is 11.7. The van der Waals surface area contributed by atoms with Crippen LogP contribution in [0.3, 0.4) is 0 Å². The van der Waals surface area contributed by atoms with Crippen molar-refractivity contribution in [1.29, 1.82) is 0 Å². The Kier molecular flexibility index (Phi) is 4.44. The molecule has 2 heterocycles. The second kappa shape index (κ2) is 6.09. The van der Waals surface area contributed by atoms with E-state index in [1.165, 1.54) is 12.1 Å². The van der Waals surface area contributed by atoms with Crippen LogP contribution in [0.5, 0.6) is 0 Å². The van der Waals surface area contributed by atoms with Crippen molar-refractivity contribution in [2.45, 2.75) is 12.8 Å². The number of carbonyl (C=O) groups is 2. The molecule has 1 unspecified atom stereocenters. The van der Waals surface area contributed by atoms with Crippen molar-refractivity contribution in [3.05, 3.63) is 22.8 Å². The molecule has 2 N–H and O–H groups in total. The molecule has 0 bridgehead atoms. The summed E-state index contributed by atoms with van der Waals surface area (Å²) in [6, 6.07) is 2.80. The fourth-order valence-electron chi connectivity index (χ4n) is 2.37. The van der Waals surface area contributed by atoms with Crippen LogP contribution >= 0.6 is 11.6 Å². The molecule has 1 aromatic heterocycles. The van der Waals surface area contributed by atoms with Crippen molar-refractivity contribution < 1.29 is 14.7 Å². The Balaban J connectivity index is 2.22. The molecule has 1 saturated heterocycles. The van der Waals surface area contributed by atoms with Crippen molar-refractivity contribution in [2.24, 2.45) is 5.92 Å². The summed E-state index contributed by atoms with van der Waals surface area (Å²) < 4.78 is 0. The molecular weight excluding hydrogens is 282 g/mol. The lowest BCUT2D eigenvalue weighted by atomic mass is 9.97. The molecule has 0 aliphatic carbocycles. The van der Waals surface area contributed by atoms with Gasteiger partial charge in [0.1, 0.15) is 11.0 Å². The summed E-state index contributed by atoms with van der Waals surface area (Å²) in [6.45, 7) is 1.26. The smallest absolute Gasteiger partial charge is 0.335 e. The number of carbonyl (C=O) groups excluding carboxylic acids is 1. The number of rotatable bonds is 3. The summed E-state index contributed by atoms with van der Waals surface area (Å²) in [5, 5.41) is 11.8. The van der Waals surface area contributed by atoms with Crippen LogP contribution in [-0.2, 0) is 4.79 Å². The molecular formula is C13H16ClN3O3. The number of carboxylic acids is 1. The number of hydrogen-bond donors (Lipinski definition) is 2. The first kappa shape index (κ1) is 14.6. The van der Waals surface area contributed by atoms with Gasteiger partial charge >= 0.3 is 5.97 Å².